The average molecular weight is 276 g/mol. The number of carbonyl (C=O) groups excluding carboxylic acids is 1. The standard InChI is InChI=1S/C17H28N2O/c1-13(2)14-6-8-15(9-7-14)16(20)19-12-17(3,4)10-5-11-18/h6-9,13H,5,10-12,18H2,1-4H3,(H,19,20). The van der Waals surface area contributed by atoms with Gasteiger partial charge < -0.3 is 11.1 Å². The molecule has 0 aliphatic carbocycles. The molecule has 3 heteroatoms. The van der Waals surface area contributed by atoms with Gasteiger partial charge in [-0.15, -0.1) is 0 Å². The summed E-state index contributed by atoms with van der Waals surface area (Å²) in [6.45, 7) is 9.99. The molecule has 0 saturated heterocycles. The number of benzene rings is 1. The second kappa shape index (κ2) is 7.44. The molecule has 112 valence electrons. The second-order valence-electron chi connectivity index (χ2n) is 6.52. The second-order valence-corrected chi connectivity index (χ2v) is 6.52. The Morgan fingerprint density at radius 1 is 1.25 bits per heavy atom. The number of nitrogens with one attached hydrogen (secondary N) is 1. The van der Waals surface area contributed by atoms with Gasteiger partial charge in [0.25, 0.3) is 5.91 Å². The molecule has 0 bridgehead atoms. The van der Waals surface area contributed by atoms with Gasteiger partial charge in [0.15, 0.2) is 0 Å². The molecule has 3 N–H and O–H groups in total. The summed E-state index contributed by atoms with van der Waals surface area (Å²) in [6, 6.07) is 7.85. The summed E-state index contributed by atoms with van der Waals surface area (Å²) < 4.78 is 0. The van der Waals surface area contributed by atoms with Gasteiger partial charge in [0, 0.05) is 12.1 Å². The van der Waals surface area contributed by atoms with Crippen LogP contribution in [0.1, 0.15) is 62.4 Å². The Kier molecular flexibility index (Phi) is 6.21. The first-order valence-electron chi connectivity index (χ1n) is 7.44. The highest BCUT2D eigenvalue weighted by molar-refractivity contribution is 5.94. The van der Waals surface area contributed by atoms with Gasteiger partial charge in [-0.2, -0.15) is 0 Å². The highest BCUT2D eigenvalue weighted by Gasteiger charge is 2.18. The molecule has 1 aromatic rings. The molecule has 0 fully saturated rings. The van der Waals surface area contributed by atoms with Crippen LogP contribution in [-0.2, 0) is 0 Å². The fourth-order valence-electron chi connectivity index (χ4n) is 2.11. The number of nitrogens with two attached hydrogens (primary N) is 1. The quantitative estimate of drug-likeness (QED) is 0.803. The van der Waals surface area contributed by atoms with Gasteiger partial charge in [-0.3, -0.25) is 4.79 Å². The van der Waals surface area contributed by atoms with E-state index in [1.54, 1.807) is 0 Å². The van der Waals surface area contributed by atoms with Crippen LogP contribution >= 0.6 is 0 Å². The van der Waals surface area contributed by atoms with E-state index in [-0.39, 0.29) is 11.3 Å². The van der Waals surface area contributed by atoms with Gasteiger partial charge in [0.2, 0.25) is 0 Å². The maximum Gasteiger partial charge on any atom is 0.251 e. The molecule has 0 aliphatic heterocycles. The SMILES string of the molecule is CC(C)c1ccc(C(=O)NCC(C)(C)CCCN)cc1. The minimum Gasteiger partial charge on any atom is -0.352 e. The fraction of sp³-hybridized carbons (Fsp3) is 0.588. The molecule has 1 amide bonds. The van der Waals surface area contributed by atoms with Crippen molar-refractivity contribution in [3.8, 4) is 0 Å². The Morgan fingerprint density at radius 2 is 1.85 bits per heavy atom. The number of rotatable bonds is 7. The van der Waals surface area contributed by atoms with Crippen molar-refractivity contribution in [2.75, 3.05) is 13.1 Å². The van der Waals surface area contributed by atoms with Crippen molar-refractivity contribution in [3.63, 3.8) is 0 Å². The predicted molar refractivity (Wildman–Crippen MR) is 84.9 cm³/mol. The van der Waals surface area contributed by atoms with Crippen LogP contribution in [0, 0.1) is 5.41 Å². The summed E-state index contributed by atoms with van der Waals surface area (Å²) in [7, 11) is 0. The van der Waals surface area contributed by atoms with Gasteiger partial charge in [0.05, 0.1) is 0 Å². The highest BCUT2D eigenvalue weighted by Crippen LogP contribution is 2.21. The Morgan fingerprint density at radius 3 is 2.35 bits per heavy atom. The third-order valence-corrected chi connectivity index (χ3v) is 3.62. The Labute approximate surface area is 122 Å². The van der Waals surface area contributed by atoms with E-state index in [1.165, 1.54) is 5.56 Å². The highest BCUT2D eigenvalue weighted by atomic mass is 16.1. The van der Waals surface area contributed by atoms with Crippen LogP contribution in [-0.4, -0.2) is 19.0 Å². The first-order valence-corrected chi connectivity index (χ1v) is 7.44. The lowest BCUT2D eigenvalue weighted by Crippen LogP contribution is -2.34. The van der Waals surface area contributed by atoms with Crippen molar-refractivity contribution in [1.29, 1.82) is 0 Å². The Bertz CT molecular complexity index is 421. The van der Waals surface area contributed by atoms with Crippen molar-refractivity contribution < 1.29 is 4.79 Å². The summed E-state index contributed by atoms with van der Waals surface area (Å²) in [4.78, 5) is 12.1. The maximum atomic E-state index is 12.1. The van der Waals surface area contributed by atoms with Gasteiger partial charge in [0.1, 0.15) is 0 Å². The molecule has 0 heterocycles. The van der Waals surface area contributed by atoms with Gasteiger partial charge in [-0.05, 0) is 48.4 Å². The molecule has 0 saturated carbocycles. The third kappa shape index (κ3) is 5.33. The van der Waals surface area contributed by atoms with Crippen LogP contribution in [0.4, 0.5) is 0 Å². The average Bonchev–Trinajstić information content (AvgIpc) is 2.43. The van der Waals surface area contributed by atoms with E-state index in [0.29, 0.717) is 19.0 Å². The summed E-state index contributed by atoms with van der Waals surface area (Å²) in [5, 5.41) is 3.02. The van der Waals surface area contributed by atoms with E-state index in [0.717, 1.165) is 18.4 Å². The van der Waals surface area contributed by atoms with Gasteiger partial charge in [-0.1, -0.05) is 39.8 Å². The van der Waals surface area contributed by atoms with Crippen LogP contribution in [0.2, 0.25) is 0 Å². The van der Waals surface area contributed by atoms with Crippen LogP contribution < -0.4 is 11.1 Å². The first-order chi connectivity index (χ1) is 9.35. The lowest BCUT2D eigenvalue weighted by atomic mass is 9.87. The summed E-state index contributed by atoms with van der Waals surface area (Å²) in [6.07, 6.45) is 2.02. The zero-order valence-electron chi connectivity index (χ0n) is 13.2. The zero-order valence-corrected chi connectivity index (χ0v) is 13.2. The molecule has 0 aliphatic rings. The van der Waals surface area contributed by atoms with Crippen molar-refractivity contribution >= 4 is 5.91 Å². The van der Waals surface area contributed by atoms with E-state index in [4.69, 9.17) is 5.73 Å². The van der Waals surface area contributed by atoms with Crippen LogP contribution in [0.25, 0.3) is 0 Å². The fourth-order valence-corrected chi connectivity index (χ4v) is 2.11. The molecular weight excluding hydrogens is 248 g/mol. The molecule has 0 atom stereocenters. The zero-order chi connectivity index (χ0) is 15.2. The van der Waals surface area contributed by atoms with Crippen LogP contribution in [0.5, 0.6) is 0 Å². The van der Waals surface area contributed by atoms with E-state index in [2.05, 4.69) is 33.0 Å². The number of carbonyl (C=O) groups is 1. The number of hydrogen-bond donors (Lipinski definition) is 2. The normalized spacial score (nSPS) is 11.7. The summed E-state index contributed by atoms with van der Waals surface area (Å²) in [5.41, 5.74) is 7.60. The van der Waals surface area contributed by atoms with Crippen LogP contribution in [0.15, 0.2) is 24.3 Å². The lowest BCUT2D eigenvalue weighted by Gasteiger charge is -2.24. The van der Waals surface area contributed by atoms with Crippen molar-refractivity contribution in [3.05, 3.63) is 35.4 Å². The molecule has 0 spiro atoms. The van der Waals surface area contributed by atoms with E-state index in [1.807, 2.05) is 24.3 Å². The molecule has 1 rings (SSSR count). The topological polar surface area (TPSA) is 55.1 Å². The molecule has 20 heavy (non-hydrogen) atoms. The lowest BCUT2D eigenvalue weighted by molar-refractivity contribution is 0.0934. The smallest absolute Gasteiger partial charge is 0.251 e. The minimum atomic E-state index is 0.00105. The van der Waals surface area contributed by atoms with Crippen LogP contribution in [0.3, 0.4) is 0 Å². The molecule has 3 nitrogen and oxygen atoms in total. The Balaban J connectivity index is 2.54. The van der Waals surface area contributed by atoms with Crippen molar-refractivity contribution in [2.24, 2.45) is 11.1 Å². The molecule has 0 aromatic heterocycles. The molecule has 0 radical (unpaired) electrons. The van der Waals surface area contributed by atoms with E-state index in [9.17, 15) is 4.79 Å². The molecule has 0 unspecified atom stereocenters. The predicted octanol–water partition coefficient (Wildman–Crippen LogP) is 3.30. The monoisotopic (exact) mass is 276 g/mol. The molecule has 1 aromatic carbocycles. The minimum absolute atomic E-state index is 0.00105. The third-order valence-electron chi connectivity index (χ3n) is 3.62. The summed E-state index contributed by atoms with van der Waals surface area (Å²) >= 11 is 0. The van der Waals surface area contributed by atoms with Crippen molar-refractivity contribution in [2.45, 2.75) is 46.5 Å². The first kappa shape index (κ1) is 16.7. The molecular formula is C17H28N2O. The van der Waals surface area contributed by atoms with E-state index >= 15 is 0 Å². The van der Waals surface area contributed by atoms with E-state index < -0.39 is 0 Å². The van der Waals surface area contributed by atoms with Crippen molar-refractivity contribution in [1.82, 2.24) is 5.32 Å². The largest absolute Gasteiger partial charge is 0.352 e. The maximum absolute atomic E-state index is 12.1. The number of hydrogen-bond acceptors (Lipinski definition) is 2. The summed E-state index contributed by atoms with van der Waals surface area (Å²) in [5.74, 6) is 0.489. The van der Waals surface area contributed by atoms with Gasteiger partial charge in [-0.25, -0.2) is 0 Å². The Hall–Kier alpha value is -1.35. The van der Waals surface area contributed by atoms with Gasteiger partial charge >= 0.3 is 0 Å². The number of amides is 1.